The van der Waals surface area contributed by atoms with Crippen LogP contribution < -0.4 is 0 Å². The van der Waals surface area contributed by atoms with Crippen molar-refractivity contribution >= 4 is 0 Å². The van der Waals surface area contributed by atoms with Gasteiger partial charge in [-0.05, 0) is 31.8 Å². The highest BCUT2D eigenvalue weighted by Gasteiger charge is 2.08. The van der Waals surface area contributed by atoms with Crippen molar-refractivity contribution in [3.63, 3.8) is 0 Å². The fraction of sp³-hybridized carbons (Fsp3) is 0.600. The second-order valence-corrected chi connectivity index (χ2v) is 2.99. The molecule has 1 aliphatic rings. The smallest absolute Gasteiger partial charge is 0.0102 e. The van der Waals surface area contributed by atoms with Crippen LogP contribution in [0.4, 0.5) is 0 Å². The molecule has 56 valence electrons. The first-order chi connectivity index (χ1) is 4.77. The van der Waals surface area contributed by atoms with Crippen LogP contribution in [0.2, 0.25) is 0 Å². The van der Waals surface area contributed by atoms with Crippen LogP contribution in [0.15, 0.2) is 22.8 Å². The predicted molar refractivity (Wildman–Crippen MR) is 46.0 cm³/mol. The molecule has 0 bridgehead atoms. The lowest BCUT2D eigenvalue weighted by Crippen LogP contribution is -1.75. The van der Waals surface area contributed by atoms with Gasteiger partial charge in [0.15, 0.2) is 0 Å². The molecule has 1 aliphatic carbocycles. The summed E-state index contributed by atoms with van der Waals surface area (Å²) in [4.78, 5) is 0. The summed E-state index contributed by atoms with van der Waals surface area (Å²) < 4.78 is 0. The maximum absolute atomic E-state index is 2.37. The molecule has 10 heavy (non-hydrogen) atoms. The largest absolute Gasteiger partial charge is 0.0662 e. The summed E-state index contributed by atoms with van der Waals surface area (Å²) in [5.41, 5.74) is 4.76. The second kappa shape index (κ2) is 3.05. The quantitative estimate of drug-likeness (QED) is 0.545. The highest BCUT2D eigenvalue weighted by atomic mass is 14.1. The van der Waals surface area contributed by atoms with Gasteiger partial charge < -0.3 is 0 Å². The van der Waals surface area contributed by atoms with E-state index >= 15 is 0 Å². The van der Waals surface area contributed by atoms with Crippen LogP contribution in [0.1, 0.15) is 40.0 Å². The van der Waals surface area contributed by atoms with Gasteiger partial charge in [-0.1, -0.05) is 31.1 Å². The van der Waals surface area contributed by atoms with Crippen molar-refractivity contribution < 1.29 is 0 Å². The minimum Gasteiger partial charge on any atom is -0.0662 e. The maximum Gasteiger partial charge on any atom is -0.0102 e. The van der Waals surface area contributed by atoms with Crippen LogP contribution in [0.3, 0.4) is 0 Å². The Morgan fingerprint density at radius 1 is 1.30 bits per heavy atom. The van der Waals surface area contributed by atoms with E-state index in [1.807, 2.05) is 0 Å². The van der Waals surface area contributed by atoms with Crippen molar-refractivity contribution in [3.8, 4) is 0 Å². The van der Waals surface area contributed by atoms with Crippen molar-refractivity contribution in [2.45, 2.75) is 40.0 Å². The normalized spacial score (nSPS) is 18.1. The van der Waals surface area contributed by atoms with E-state index in [0.29, 0.717) is 0 Å². The van der Waals surface area contributed by atoms with Gasteiger partial charge in [0.25, 0.3) is 0 Å². The molecular weight excluding hydrogens is 120 g/mol. The molecule has 0 aromatic carbocycles. The summed E-state index contributed by atoms with van der Waals surface area (Å²) >= 11 is 0. The van der Waals surface area contributed by atoms with Gasteiger partial charge in [-0.3, -0.25) is 0 Å². The fourth-order valence-electron chi connectivity index (χ4n) is 1.51. The molecule has 0 unspecified atom stereocenters. The zero-order valence-corrected chi connectivity index (χ0v) is 7.20. The van der Waals surface area contributed by atoms with E-state index in [4.69, 9.17) is 0 Å². The molecule has 0 aromatic heterocycles. The third kappa shape index (κ3) is 1.31. The highest BCUT2D eigenvalue weighted by molar-refractivity contribution is 5.37. The molecule has 1 rings (SSSR count). The monoisotopic (exact) mass is 136 g/mol. The van der Waals surface area contributed by atoms with Gasteiger partial charge in [0.1, 0.15) is 0 Å². The highest BCUT2D eigenvalue weighted by Crippen LogP contribution is 2.28. The molecule has 0 aliphatic heterocycles. The van der Waals surface area contributed by atoms with Crippen molar-refractivity contribution in [1.82, 2.24) is 0 Å². The first-order valence-electron chi connectivity index (χ1n) is 4.16. The number of hydrogen-bond donors (Lipinski definition) is 0. The van der Waals surface area contributed by atoms with Crippen LogP contribution in [-0.4, -0.2) is 0 Å². The topological polar surface area (TPSA) is 0 Å². The predicted octanol–water partition coefficient (Wildman–Crippen LogP) is 3.45. The Labute approximate surface area is 63.6 Å². The summed E-state index contributed by atoms with van der Waals surface area (Å²) in [5.74, 6) is 0. The average Bonchev–Trinajstić information content (AvgIpc) is 2.30. The van der Waals surface area contributed by atoms with Crippen molar-refractivity contribution in [3.05, 3.63) is 22.8 Å². The third-order valence-corrected chi connectivity index (χ3v) is 2.25. The molecule has 0 atom stereocenters. The number of allylic oxidation sites excluding steroid dienone is 4. The lowest BCUT2D eigenvalue weighted by molar-refractivity contribution is 1.01. The maximum atomic E-state index is 2.37. The Bertz CT molecular complexity index is 182. The Morgan fingerprint density at radius 2 is 2.00 bits per heavy atom. The molecule has 0 fully saturated rings. The molecule has 0 nitrogen and oxygen atoms in total. The average molecular weight is 136 g/mol. The van der Waals surface area contributed by atoms with Crippen molar-refractivity contribution in [2.24, 2.45) is 0 Å². The van der Waals surface area contributed by atoms with Crippen LogP contribution >= 0.6 is 0 Å². The van der Waals surface area contributed by atoms with E-state index in [0.717, 1.165) is 0 Å². The Kier molecular flexibility index (Phi) is 2.31. The zero-order chi connectivity index (χ0) is 7.56. The second-order valence-electron chi connectivity index (χ2n) is 2.99. The third-order valence-electron chi connectivity index (χ3n) is 2.25. The Hall–Kier alpha value is -0.520. The minimum absolute atomic E-state index is 1.20. The summed E-state index contributed by atoms with van der Waals surface area (Å²) in [7, 11) is 0. The van der Waals surface area contributed by atoms with E-state index in [-0.39, 0.29) is 0 Å². The van der Waals surface area contributed by atoms with E-state index < -0.39 is 0 Å². The minimum atomic E-state index is 1.20. The van der Waals surface area contributed by atoms with E-state index in [2.05, 4.69) is 26.8 Å². The molecule has 0 aromatic rings. The van der Waals surface area contributed by atoms with Gasteiger partial charge in [0.2, 0.25) is 0 Å². The van der Waals surface area contributed by atoms with Gasteiger partial charge in [0.05, 0.1) is 0 Å². The fourth-order valence-corrected chi connectivity index (χ4v) is 1.51. The van der Waals surface area contributed by atoms with E-state index in [9.17, 15) is 0 Å². The lowest BCUT2D eigenvalue weighted by Gasteiger charge is -1.95. The van der Waals surface area contributed by atoms with E-state index in [1.54, 1.807) is 16.7 Å². The van der Waals surface area contributed by atoms with Gasteiger partial charge in [-0.2, -0.15) is 0 Å². The summed E-state index contributed by atoms with van der Waals surface area (Å²) in [6.07, 6.45) is 6.03. The van der Waals surface area contributed by atoms with Gasteiger partial charge >= 0.3 is 0 Å². The molecule has 0 heterocycles. The van der Waals surface area contributed by atoms with Gasteiger partial charge in [-0.15, -0.1) is 0 Å². The van der Waals surface area contributed by atoms with Crippen molar-refractivity contribution in [1.29, 1.82) is 0 Å². The standard InChI is InChI=1S/C10H16/c1-4-9-6-8(3)10(5-2)7-9/h7H,4-6H2,1-3H3. The number of hydrogen-bond acceptors (Lipinski definition) is 0. The van der Waals surface area contributed by atoms with Crippen LogP contribution in [0, 0.1) is 0 Å². The van der Waals surface area contributed by atoms with Gasteiger partial charge in [0, 0.05) is 0 Å². The van der Waals surface area contributed by atoms with Crippen LogP contribution in [0.25, 0.3) is 0 Å². The molecule has 0 saturated heterocycles. The Morgan fingerprint density at radius 3 is 2.30 bits per heavy atom. The zero-order valence-electron chi connectivity index (χ0n) is 7.20. The van der Waals surface area contributed by atoms with Crippen LogP contribution in [0.5, 0.6) is 0 Å². The van der Waals surface area contributed by atoms with Crippen molar-refractivity contribution in [2.75, 3.05) is 0 Å². The van der Waals surface area contributed by atoms with E-state index in [1.165, 1.54) is 19.3 Å². The molecule has 0 N–H and O–H groups in total. The SMILES string of the molecule is CCC1=CC(CC)=C(C)C1. The lowest BCUT2D eigenvalue weighted by atomic mass is 10.1. The molecule has 0 heteroatoms. The summed E-state index contributed by atoms with van der Waals surface area (Å²) in [5, 5.41) is 0. The summed E-state index contributed by atoms with van der Waals surface area (Å²) in [6.45, 7) is 6.71. The first-order valence-corrected chi connectivity index (χ1v) is 4.16. The Balaban J connectivity index is 2.68. The summed E-state index contributed by atoms with van der Waals surface area (Å²) in [6, 6.07) is 0. The molecule has 0 spiro atoms. The molecule has 0 radical (unpaired) electrons. The molecule has 0 amide bonds. The van der Waals surface area contributed by atoms with Gasteiger partial charge in [-0.25, -0.2) is 0 Å². The number of rotatable bonds is 2. The molecular formula is C10H16. The first kappa shape index (κ1) is 7.59. The molecule has 0 saturated carbocycles. The van der Waals surface area contributed by atoms with Crippen LogP contribution in [-0.2, 0) is 0 Å².